The summed E-state index contributed by atoms with van der Waals surface area (Å²) >= 11 is 3.40. The fraction of sp³-hybridized carbons (Fsp3) is 0.379. The van der Waals surface area contributed by atoms with Crippen molar-refractivity contribution in [2.24, 2.45) is 5.92 Å². The van der Waals surface area contributed by atoms with Gasteiger partial charge in [-0.3, -0.25) is 4.79 Å². The van der Waals surface area contributed by atoms with Gasteiger partial charge in [-0.15, -0.1) is 11.3 Å². The number of aromatic carboxylic acids is 1. The zero-order valence-electron chi connectivity index (χ0n) is 21.2. The highest BCUT2D eigenvalue weighted by molar-refractivity contribution is 7.99. The lowest BCUT2D eigenvalue weighted by molar-refractivity contribution is -0.168. The second-order valence-corrected chi connectivity index (χ2v) is 11.6. The van der Waals surface area contributed by atoms with E-state index in [2.05, 4.69) is 51.1 Å². The number of thioether (sulfide) groups is 1. The molecule has 0 amide bonds. The van der Waals surface area contributed by atoms with Crippen LogP contribution in [0, 0.1) is 12.8 Å². The van der Waals surface area contributed by atoms with Crippen molar-refractivity contribution < 1.29 is 24.2 Å². The normalized spacial score (nSPS) is 23.9. The van der Waals surface area contributed by atoms with Crippen LogP contribution in [0.1, 0.15) is 58.8 Å². The minimum absolute atomic E-state index is 0.0118. The molecule has 7 heteroatoms. The topological polar surface area (TPSA) is 72.8 Å². The van der Waals surface area contributed by atoms with Gasteiger partial charge in [0.25, 0.3) is 0 Å². The maximum absolute atomic E-state index is 11.8. The van der Waals surface area contributed by atoms with Gasteiger partial charge in [0.1, 0.15) is 6.10 Å². The van der Waals surface area contributed by atoms with Gasteiger partial charge >= 0.3 is 11.9 Å². The van der Waals surface area contributed by atoms with Crippen LogP contribution < -0.4 is 0 Å². The van der Waals surface area contributed by atoms with Crippen molar-refractivity contribution in [3.63, 3.8) is 0 Å². The Morgan fingerprint density at radius 1 is 1.08 bits per heavy atom. The number of carbonyl (C=O) groups excluding carboxylic acids is 1. The second kappa shape index (κ2) is 11.2. The molecule has 36 heavy (non-hydrogen) atoms. The van der Waals surface area contributed by atoms with Crippen LogP contribution in [0.25, 0.3) is 10.4 Å². The largest absolute Gasteiger partial charge is 0.478 e. The Hall–Kier alpha value is -2.61. The van der Waals surface area contributed by atoms with Gasteiger partial charge in [-0.1, -0.05) is 37.3 Å². The summed E-state index contributed by atoms with van der Waals surface area (Å²) in [6, 6.07) is 17.7. The highest BCUT2D eigenvalue weighted by Crippen LogP contribution is 2.42. The lowest BCUT2D eigenvalue weighted by Gasteiger charge is -2.44. The Morgan fingerprint density at radius 3 is 2.44 bits per heavy atom. The number of carboxylic acids is 1. The summed E-state index contributed by atoms with van der Waals surface area (Å²) in [4.78, 5) is 25.3. The van der Waals surface area contributed by atoms with Crippen LogP contribution in [0.5, 0.6) is 0 Å². The van der Waals surface area contributed by atoms with Gasteiger partial charge < -0.3 is 14.6 Å². The van der Waals surface area contributed by atoms with Crippen molar-refractivity contribution in [1.29, 1.82) is 0 Å². The first-order chi connectivity index (χ1) is 17.2. The van der Waals surface area contributed by atoms with Crippen LogP contribution in [0.2, 0.25) is 0 Å². The average Bonchev–Trinajstić information content (AvgIpc) is 3.31. The number of carbonyl (C=O) groups is 2. The predicted octanol–water partition coefficient (Wildman–Crippen LogP) is 6.77. The molecule has 1 saturated heterocycles. The molecule has 3 aromatic rings. The van der Waals surface area contributed by atoms with Crippen LogP contribution >= 0.6 is 23.1 Å². The molecule has 4 rings (SSSR count). The van der Waals surface area contributed by atoms with E-state index in [0.717, 1.165) is 22.4 Å². The van der Waals surface area contributed by atoms with E-state index >= 15 is 0 Å². The van der Waals surface area contributed by atoms with Crippen molar-refractivity contribution >= 4 is 35.0 Å². The maximum atomic E-state index is 11.8. The molecule has 5 atom stereocenters. The monoisotopic (exact) mass is 524 g/mol. The summed E-state index contributed by atoms with van der Waals surface area (Å²) in [6.07, 6.45) is 2.45. The number of hydrogen-bond donors (Lipinski definition) is 1. The fourth-order valence-corrected chi connectivity index (χ4v) is 6.79. The molecule has 1 aromatic heterocycles. The van der Waals surface area contributed by atoms with Gasteiger partial charge in [0.15, 0.2) is 0 Å². The van der Waals surface area contributed by atoms with Crippen LogP contribution in [-0.4, -0.2) is 40.8 Å². The number of carboxylic acid groups (broad SMARTS) is 1. The first-order valence-electron chi connectivity index (χ1n) is 12.0. The molecule has 2 aromatic carbocycles. The van der Waals surface area contributed by atoms with Gasteiger partial charge in [0, 0.05) is 29.0 Å². The van der Waals surface area contributed by atoms with Gasteiger partial charge in [0.2, 0.25) is 0 Å². The summed E-state index contributed by atoms with van der Waals surface area (Å²) < 4.78 is 12.3. The van der Waals surface area contributed by atoms with E-state index in [-0.39, 0.29) is 41.0 Å². The zero-order valence-corrected chi connectivity index (χ0v) is 22.8. The van der Waals surface area contributed by atoms with E-state index in [1.165, 1.54) is 22.9 Å². The van der Waals surface area contributed by atoms with E-state index in [1.54, 1.807) is 35.2 Å². The van der Waals surface area contributed by atoms with Crippen molar-refractivity contribution in [3.8, 4) is 10.4 Å². The van der Waals surface area contributed by atoms with Crippen molar-refractivity contribution in [3.05, 3.63) is 81.7 Å². The van der Waals surface area contributed by atoms with E-state index in [0.29, 0.717) is 0 Å². The Kier molecular flexibility index (Phi) is 8.23. The lowest BCUT2D eigenvalue weighted by atomic mass is 9.87. The number of thiophene rings is 1. The standard InChI is InChI=1S/C29H32O5S2/c1-16-6-7-22(27-28(35-5)26(34-19(4)30)17(2)18(3)33-27)14-23(16)15-24-12-13-25(36-24)20-8-10-21(11-9-20)29(31)32/h6-14,17-18,26-28H,15H2,1-5H3,(H,31,32)/t17-,18-,26+,27?,28-/m1/s1. The molecule has 0 saturated carbocycles. The first kappa shape index (κ1) is 26.5. The van der Waals surface area contributed by atoms with Crippen LogP contribution in [0.3, 0.4) is 0 Å². The van der Waals surface area contributed by atoms with Gasteiger partial charge in [-0.2, -0.15) is 11.8 Å². The number of rotatable bonds is 7. The molecular weight excluding hydrogens is 492 g/mol. The average molecular weight is 525 g/mol. The highest BCUT2D eigenvalue weighted by Gasteiger charge is 2.44. The number of aryl methyl sites for hydroxylation is 1. The molecule has 0 spiro atoms. The summed E-state index contributed by atoms with van der Waals surface area (Å²) in [5, 5.41) is 9.15. The quantitative estimate of drug-likeness (QED) is 0.344. The Bertz CT molecular complexity index is 1230. The molecule has 0 aliphatic carbocycles. The van der Waals surface area contributed by atoms with Gasteiger partial charge in [0.05, 0.1) is 23.0 Å². The Balaban J connectivity index is 1.57. The molecule has 1 unspecified atom stereocenters. The Morgan fingerprint density at radius 2 is 1.81 bits per heavy atom. The predicted molar refractivity (Wildman–Crippen MR) is 146 cm³/mol. The molecular formula is C29H32O5S2. The van der Waals surface area contributed by atoms with Crippen LogP contribution in [-0.2, 0) is 20.7 Å². The summed E-state index contributed by atoms with van der Waals surface area (Å²) in [7, 11) is 0. The number of benzene rings is 2. The highest BCUT2D eigenvalue weighted by atomic mass is 32.2. The van der Waals surface area contributed by atoms with E-state index in [9.17, 15) is 9.59 Å². The number of ether oxygens (including phenoxy) is 2. The SMILES string of the molecule is CS[C@H]1C(c2ccc(C)c(Cc3ccc(-c4ccc(C(=O)O)cc4)s3)c2)O[C@H](C)[C@@H](C)[C@@H]1OC(C)=O. The third-order valence-electron chi connectivity index (χ3n) is 6.96. The van der Waals surface area contributed by atoms with Gasteiger partial charge in [-0.25, -0.2) is 4.79 Å². The smallest absolute Gasteiger partial charge is 0.335 e. The maximum Gasteiger partial charge on any atom is 0.335 e. The Labute approximate surface area is 220 Å². The van der Waals surface area contributed by atoms with E-state index < -0.39 is 5.97 Å². The van der Waals surface area contributed by atoms with Gasteiger partial charge in [-0.05, 0) is 66.6 Å². The molecule has 190 valence electrons. The second-order valence-electron chi connectivity index (χ2n) is 9.41. The lowest BCUT2D eigenvalue weighted by Crippen LogP contribution is -2.49. The minimum Gasteiger partial charge on any atom is -0.478 e. The molecule has 1 aliphatic rings. The fourth-order valence-electron chi connectivity index (χ4n) is 4.71. The molecule has 2 heterocycles. The van der Waals surface area contributed by atoms with Crippen LogP contribution in [0.15, 0.2) is 54.6 Å². The third-order valence-corrected chi connectivity index (χ3v) is 9.15. The minimum atomic E-state index is -0.919. The summed E-state index contributed by atoms with van der Waals surface area (Å²) in [6.45, 7) is 7.73. The molecule has 1 aliphatic heterocycles. The van der Waals surface area contributed by atoms with Crippen molar-refractivity contribution in [1.82, 2.24) is 0 Å². The van der Waals surface area contributed by atoms with Crippen molar-refractivity contribution in [2.45, 2.75) is 57.7 Å². The van der Waals surface area contributed by atoms with Crippen LogP contribution in [0.4, 0.5) is 0 Å². The summed E-state index contributed by atoms with van der Waals surface area (Å²) in [5.41, 5.74) is 4.86. The first-order valence-corrected chi connectivity index (χ1v) is 14.2. The number of hydrogen-bond acceptors (Lipinski definition) is 6. The molecule has 5 nitrogen and oxygen atoms in total. The molecule has 1 fully saturated rings. The van der Waals surface area contributed by atoms with Crippen molar-refractivity contribution in [2.75, 3.05) is 6.26 Å². The third kappa shape index (κ3) is 5.69. The van der Waals surface area contributed by atoms with E-state index in [1.807, 2.05) is 18.4 Å². The molecule has 0 bridgehead atoms. The summed E-state index contributed by atoms with van der Waals surface area (Å²) in [5.74, 6) is -1.06. The number of esters is 1. The molecule has 0 radical (unpaired) electrons. The van der Waals surface area contributed by atoms with E-state index in [4.69, 9.17) is 14.6 Å². The molecule has 1 N–H and O–H groups in total. The zero-order chi connectivity index (χ0) is 26.0.